The number of carbonyl (C=O) groups is 1. The van der Waals surface area contributed by atoms with Crippen molar-refractivity contribution in [3.63, 3.8) is 0 Å². The first-order valence-electron chi connectivity index (χ1n) is 5.45. The molecule has 17 heavy (non-hydrogen) atoms. The van der Waals surface area contributed by atoms with Crippen LogP contribution in [-0.2, 0) is 0 Å². The predicted octanol–water partition coefficient (Wildman–Crippen LogP) is 1.92. The largest absolute Gasteiger partial charge is 0.497 e. The van der Waals surface area contributed by atoms with E-state index in [0.29, 0.717) is 17.9 Å². The van der Waals surface area contributed by atoms with Gasteiger partial charge in [-0.1, -0.05) is 6.92 Å². The minimum Gasteiger partial charge on any atom is -0.497 e. The fraction of sp³-hybridized carbons (Fsp3) is 0.417. The minimum absolute atomic E-state index is 0.0108. The van der Waals surface area contributed by atoms with E-state index in [1.165, 1.54) is 0 Å². The lowest BCUT2D eigenvalue weighted by Gasteiger charge is -2.11. The van der Waals surface area contributed by atoms with Crippen molar-refractivity contribution >= 4 is 21.8 Å². The van der Waals surface area contributed by atoms with Gasteiger partial charge in [-0.05, 0) is 40.5 Å². The topological polar surface area (TPSA) is 64.3 Å². The third-order valence-corrected chi connectivity index (χ3v) is 3.16. The van der Waals surface area contributed by atoms with Gasteiger partial charge in [0.1, 0.15) is 5.75 Å². The summed E-state index contributed by atoms with van der Waals surface area (Å²) < 4.78 is 5.82. The number of halogens is 1. The summed E-state index contributed by atoms with van der Waals surface area (Å²) in [6.07, 6.45) is 0.833. The molecule has 0 heterocycles. The number of hydrogen-bond acceptors (Lipinski definition) is 3. The average Bonchev–Trinajstić information content (AvgIpc) is 2.36. The molecule has 1 atom stereocenters. The monoisotopic (exact) mass is 300 g/mol. The highest BCUT2D eigenvalue weighted by Crippen LogP contribution is 2.22. The van der Waals surface area contributed by atoms with Crippen molar-refractivity contribution in [3.05, 3.63) is 28.2 Å². The second-order valence-electron chi connectivity index (χ2n) is 3.72. The minimum atomic E-state index is -0.153. The lowest BCUT2D eigenvalue weighted by molar-refractivity contribution is 0.0950. The van der Waals surface area contributed by atoms with Crippen LogP contribution in [0.15, 0.2) is 22.7 Å². The molecule has 0 aliphatic rings. The van der Waals surface area contributed by atoms with Gasteiger partial charge in [0.25, 0.3) is 5.91 Å². The van der Waals surface area contributed by atoms with Crippen LogP contribution < -0.4 is 15.8 Å². The number of methoxy groups -OCH3 is 1. The summed E-state index contributed by atoms with van der Waals surface area (Å²) in [6, 6.07) is 5.26. The van der Waals surface area contributed by atoms with E-state index < -0.39 is 0 Å². The summed E-state index contributed by atoms with van der Waals surface area (Å²) in [6.45, 7) is 2.46. The van der Waals surface area contributed by atoms with E-state index in [4.69, 9.17) is 10.5 Å². The zero-order valence-corrected chi connectivity index (χ0v) is 11.6. The van der Waals surface area contributed by atoms with Gasteiger partial charge in [-0.25, -0.2) is 0 Å². The first kappa shape index (κ1) is 14.0. The van der Waals surface area contributed by atoms with Crippen molar-refractivity contribution in [2.75, 3.05) is 13.7 Å². The van der Waals surface area contributed by atoms with Crippen molar-refractivity contribution in [2.45, 2.75) is 19.4 Å². The second-order valence-corrected chi connectivity index (χ2v) is 4.58. The Morgan fingerprint density at radius 2 is 2.29 bits per heavy atom. The third-order valence-electron chi connectivity index (χ3n) is 2.47. The number of nitrogens with two attached hydrogens (primary N) is 1. The third kappa shape index (κ3) is 4.02. The Morgan fingerprint density at radius 1 is 1.59 bits per heavy atom. The highest BCUT2D eigenvalue weighted by Gasteiger charge is 2.11. The molecule has 1 amide bonds. The predicted molar refractivity (Wildman–Crippen MR) is 71.3 cm³/mol. The van der Waals surface area contributed by atoms with Crippen LogP contribution in [0.4, 0.5) is 0 Å². The number of ether oxygens (including phenoxy) is 1. The van der Waals surface area contributed by atoms with Gasteiger partial charge in [0, 0.05) is 17.1 Å². The highest BCUT2D eigenvalue weighted by molar-refractivity contribution is 9.10. The van der Waals surface area contributed by atoms with Crippen LogP contribution in [0.1, 0.15) is 23.7 Å². The molecule has 0 aliphatic heterocycles. The Hall–Kier alpha value is -1.07. The quantitative estimate of drug-likeness (QED) is 0.873. The molecule has 4 nitrogen and oxygen atoms in total. The van der Waals surface area contributed by atoms with E-state index in [1.54, 1.807) is 25.3 Å². The fourth-order valence-electron chi connectivity index (χ4n) is 1.27. The second kappa shape index (κ2) is 6.61. The maximum Gasteiger partial charge on any atom is 0.252 e. The maximum absolute atomic E-state index is 11.9. The van der Waals surface area contributed by atoms with E-state index in [2.05, 4.69) is 21.2 Å². The Labute approximate surface area is 110 Å². The van der Waals surface area contributed by atoms with Crippen molar-refractivity contribution in [1.82, 2.24) is 5.32 Å². The molecule has 1 aromatic carbocycles. The lowest BCUT2D eigenvalue weighted by Crippen LogP contribution is -2.36. The van der Waals surface area contributed by atoms with Crippen molar-refractivity contribution < 1.29 is 9.53 Å². The van der Waals surface area contributed by atoms with Crippen LogP contribution in [0.2, 0.25) is 0 Å². The van der Waals surface area contributed by atoms with Gasteiger partial charge in [-0.3, -0.25) is 4.79 Å². The smallest absolute Gasteiger partial charge is 0.252 e. The van der Waals surface area contributed by atoms with Crippen LogP contribution in [0, 0.1) is 0 Å². The molecule has 0 bridgehead atoms. The molecule has 1 aromatic rings. The number of hydrogen-bond donors (Lipinski definition) is 2. The zero-order valence-electron chi connectivity index (χ0n) is 10.00. The number of benzene rings is 1. The number of carbonyl (C=O) groups excluding carboxylic acids is 1. The standard InChI is InChI=1S/C12H17BrN2O2/c1-3-8(14)7-15-12(16)10-6-9(17-2)4-5-11(10)13/h4-6,8H,3,7,14H2,1-2H3,(H,15,16). The normalized spacial score (nSPS) is 12.0. The molecule has 0 saturated carbocycles. The molecule has 0 aliphatic carbocycles. The van der Waals surface area contributed by atoms with Crippen LogP contribution in [0.25, 0.3) is 0 Å². The average molecular weight is 301 g/mol. The van der Waals surface area contributed by atoms with Gasteiger partial charge < -0.3 is 15.8 Å². The fourth-order valence-corrected chi connectivity index (χ4v) is 1.70. The first-order valence-corrected chi connectivity index (χ1v) is 6.25. The summed E-state index contributed by atoms with van der Waals surface area (Å²) in [4.78, 5) is 11.9. The van der Waals surface area contributed by atoms with Crippen LogP contribution in [0.5, 0.6) is 5.75 Å². The molecule has 1 rings (SSSR count). The molecule has 0 spiro atoms. The molecule has 3 N–H and O–H groups in total. The van der Waals surface area contributed by atoms with Gasteiger partial charge in [0.05, 0.1) is 12.7 Å². The van der Waals surface area contributed by atoms with Crippen LogP contribution in [0.3, 0.4) is 0 Å². The van der Waals surface area contributed by atoms with Crippen molar-refractivity contribution in [1.29, 1.82) is 0 Å². The van der Waals surface area contributed by atoms with Gasteiger partial charge in [-0.15, -0.1) is 0 Å². The van der Waals surface area contributed by atoms with E-state index in [1.807, 2.05) is 6.92 Å². The summed E-state index contributed by atoms with van der Waals surface area (Å²) in [5.74, 6) is 0.498. The zero-order chi connectivity index (χ0) is 12.8. The molecule has 94 valence electrons. The maximum atomic E-state index is 11.9. The van der Waals surface area contributed by atoms with Crippen molar-refractivity contribution in [3.8, 4) is 5.75 Å². The van der Waals surface area contributed by atoms with Gasteiger partial charge in [-0.2, -0.15) is 0 Å². The molecular formula is C12H17BrN2O2. The molecule has 1 unspecified atom stereocenters. The number of rotatable bonds is 5. The Kier molecular flexibility index (Phi) is 5.44. The number of amides is 1. The van der Waals surface area contributed by atoms with Crippen LogP contribution in [-0.4, -0.2) is 25.6 Å². The lowest BCUT2D eigenvalue weighted by atomic mass is 10.2. The Balaban J connectivity index is 2.74. The Morgan fingerprint density at radius 3 is 2.88 bits per heavy atom. The van der Waals surface area contributed by atoms with Crippen LogP contribution >= 0.6 is 15.9 Å². The number of nitrogens with one attached hydrogen (secondary N) is 1. The van der Waals surface area contributed by atoms with E-state index in [0.717, 1.165) is 10.9 Å². The molecule has 0 fully saturated rings. The van der Waals surface area contributed by atoms with E-state index >= 15 is 0 Å². The molecule has 0 radical (unpaired) electrons. The summed E-state index contributed by atoms with van der Waals surface area (Å²) in [5, 5.41) is 2.79. The van der Waals surface area contributed by atoms with Gasteiger partial charge >= 0.3 is 0 Å². The Bertz CT molecular complexity index is 396. The van der Waals surface area contributed by atoms with Crippen molar-refractivity contribution in [2.24, 2.45) is 5.73 Å². The summed E-state index contributed by atoms with van der Waals surface area (Å²) in [7, 11) is 1.57. The molecule has 0 saturated heterocycles. The molecule has 5 heteroatoms. The van der Waals surface area contributed by atoms with E-state index in [-0.39, 0.29) is 11.9 Å². The summed E-state index contributed by atoms with van der Waals surface area (Å²) >= 11 is 3.34. The van der Waals surface area contributed by atoms with Gasteiger partial charge in [0.15, 0.2) is 0 Å². The SMILES string of the molecule is CCC(N)CNC(=O)c1cc(OC)ccc1Br. The summed E-state index contributed by atoms with van der Waals surface area (Å²) in [5.41, 5.74) is 6.29. The van der Waals surface area contributed by atoms with Gasteiger partial charge in [0.2, 0.25) is 0 Å². The van der Waals surface area contributed by atoms with E-state index in [9.17, 15) is 4.79 Å². The first-order chi connectivity index (χ1) is 8.08. The molecule has 0 aromatic heterocycles. The highest BCUT2D eigenvalue weighted by atomic mass is 79.9. The molecular weight excluding hydrogens is 284 g/mol.